The van der Waals surface area contributed by atoms with Crippen LogP contribution in [0.1, 0.15) is 5.56 Å². The fraction of sp³-hybridized carbons (Fsp3) is 0.0476. The quantitative estimate of drug-likeness (QED) is 0.491. The minimum absolute atomic E-state index is 0.860. The molecule has 0 aliphatic heterocycles. The first-order valence-corrected chi connectivity index (χ1v) is 9.11. The Bertz CT molecular complexity index is 878. The van der Waals surface area contributed by atoms with Crippen LogP contribution >= 0.6 is 11.8 Å². The second-order valence-corrected chi connectivity index (χ2v) is 6.61. The van der Waals surface area contributed by atoms with Gasteiger partial charge >= 0.3 is 0 Å². The molecule has 0 fully saturated rings. The first-order chi connectivity index (χ1) is 12.4. The lowest BCUT2D eigenvalue weighted by atomic mass is 10.1. The zero-order valence-corrected chi connectivity index (χ0v) is 14.4. The predicted molar refractivity (Wildman–Crippen MR) is 103 cm³/mol. The summed E-state index contributed by atoms with van der Waals surface area (Å²) in [4.78, 5) is 12.4. The highest BCUT2D eigenvalue weighted by Crippen LogP contribution is 2.33. The summed E-state index contributed by atoms with van der Waals surface area (Å²) in [5.41, 5.74) is 5.55. The van der Waals surface area contributed by atoms with Crippen molar-refractivity contribution >= 4 is 11.8 Å². The van der Waals surface area contributed by atoms with Gasteiger partial charge in [0.05, 0.1) is 11.4 Å². The third-order valence-corrected chi connectivity index (χ3v) is 4.86. The van der Waals surface area contributed by atoms with Gasteiger partial charge in [-0.1, -0.05) is 72.4 Å². The van der Waals surface area contributed by atoms with E-state index in [2.05, 4.69) is 46.4 Å². The van der Waals surface area contributed by atoms with Crippen LogP contribution in [0.2, 0.25) is 0 Å². The maximum absolute atomic E-state index is 4.86. The summed E-state index contributed by atoms with van der Waals surface area (Å²) >= 11 is 1.70. The molecule has 4 aromatic rings. The lowest BCUT2D eigenvalue weighted by molar-refractivity contribution is 1.06. The van der Waals surface area contributed by atoms with Crippen molar-refractivity contribution in [3.63, 3.8) is 0 Å². The van der Waals surface area contributed by atoms with Crippen LogP contribution in [0, 0.1) is 0 Å². The molecule has 0 amide bonds. The molecule has 1 N–H and O–H groups in total. The van der Waals surface area contributed by atoms with Gasteiger partial charge in [-0.2, -0.15) is 0 Å². The van der Waals surface area contributed by atoms with Crippen LogP contribution in [-0.2, 0) is 5.75 Å². The highest BCUT2D eigenvalue weighted by molar-refractivity contribution is 7.98. The Labute approximate surface area is 151 Å². The second-order valence-electron chi connectivity index (χ2n) is 5.64. The molecule has 0 spiro atoms. The number of aromatic amines is 1. The Morgan fingerprint density at radius 1 is 0.760 bits per heavy atom. The number of benzene rings is 2. The van der Waals surface area contributed by atoms with Crippen LogP contribution in [0.5, 0.6) is 0 Å². The van der Waals surface area contributed by atoms with Crippen molar-refractivity contribution in [1.82, 2.24) is 15.0 Å². The summed E-state index contributed by atoms with van der Waals surface area (Å²) in [6, 6.07) is 24.7. The normalized spacial score (nSPS) is 10.7. The van der Waals surface area contributed by atoms with Gasteiger partial charge in [0.2, 0.25) is 0 Å². The number of nitrogens with zero attached hydrogens (tertiary/aromatic N) is 2. The molecule has 0 saturated heterocycles. The van der Waals surface area contributed by atoms with Crippen LogP contribution < -0.4 is 0 Å². The molecule has 0 aliphatic carbocycles. The van der Waals surface area contributed by atoms with Gasteiger partial charge in [0.25, 0.3) is 0 Å². The minimum Gasteiger partial charge on any atom is -0.332 e. The topological polar surface area (TPSA) is 41.6 Å². The van der Waals surface area contributed by atoms with Crippen molar-refractivity contribution in [3.05, 3.63) is 90.8 Å². The summed E-state index contributed by atoms with van der Waals surface area (Å²) < 4.78 is 0. The summed E-state index contributed by atoms with van der Waals surface area (Å²) in [5, 5.41) is 0.925. The van der Waals surface area contributed by atoms with E-state index in [4.69, 9.17) is 4.98 Å². The Kier molecular flexibility index (Phi) is 4.61. The molecular formula is C21H17N3S. The average Bonchev–Trinajstić information content (AvgIpc) is 3.13. The number of hydrogen-bond acceptors (Lipinski definition) is 3. The smallest absolute Gasteiger partial charge is 0.166 e. The third-order valence-electron chi connectivity index (χ3n) is 3.92. The summed E-state index contributed by atoms with van der Waals surface area (Å²) in [7, 11) is 0. The monoisotopic (exact) mass is 343 g/mol. The van der Waals surface area contributed by atoms with Gasteiger partial charge < -0.3 is 4.98 Å². The molecule has 4 heteroatoms. The molecule has 0 saturated carbocycles. The van der Waals surface area contributed by atoms with Crippen molar-refractivity contribution in [2.24, 2.45) is 0 Å². The number of aromatic nitrogens is 3. The standard InChI is InChI=1S/C21H17N3S/c1-3-7-17(8-4-1)19-20(18-9-5-2-6-10-18)24-21(23-19)25-15-16-11-13-22-14-12-16/h1-14H,15H2,(H,23,24). The fourth-order valence-electron chi connectivity index (χ4n) is 2.67. The zero-order chi connectivity index (χ0) is 16.9. The van der Waals surface area contributed by atoms with Gasteiger partial charge in [-0.15, -0.1) is 0 Å². The number of H-pyrrole nitrogens is 1. The molecule has 2 heterocycles. The number of rotatable bonds is 5. The van der Waals surface area contributed by atoms with E-state index < -0.39 is 0 Å². The van der Waals surface area contributed by atoms with E-state index >= 15 is 0 Å². The van der Waals surface area contributed by atoms with Crippen molar-refractivity contribution in [2.75, 3.05) is 0 Å². The average molecular weight is 343 g/mol. The molecule has 0 unspecified atom stereocenters. The van der Waals surface area contributed by atoms with Crippen LogP contribution in [0.15, 0.2) is 90.3 Å². The maximum Gasteiger partial charge on any atom is 0.166 e. The van der Waals surface area contributed by atoms with E-state index in [1.807, 2.05) is 48.8 Å². The Balaban J connectivity index is 1.68. The molecule has 3 nitrogen and oxygen atoms in total. The van der Waals surface area contributed by atoms with Crippen molar-refractivity contribution in [2.45, 2.75) is 10.9 Å². The second kappa shape index (κ2) is 7.36. The lowest BCUT2D eigenvalue weighted by Gasteiger charge is -2.02. The van der Waals surface area contributed by atoms with Gasteiger partial charge in [0.1, 0.15) is 0 Å². The molecular weight excluding hydrogens is 326 g/mol. The lowest BCUT2D eigenvalue weighted by Crippen LogP contribution is -1.82. The van der Waals surface area contributed by atoms with E-state index in [1.54, 1.807) is 11.8 Å². The minimum atomic E-state index is 0.860. The van der Waals surface area contributed by atoms with E-state index in [-0.39, 0.29) is 0 Å². The fourth-order valence-corrected chi connectivity index (χ4v) is 3.50. The molecule has 2 aromatic heterocycles. The molecule has 2 aromatic carbocycles. The highest BCUT2D eigenvalue weighted by Gasteiger charge is 2.14. The summed E-state index contributed by atoms with van der Waals surface area (Å²) in [6.07, 6.45) is 3.64. The first-order valence-electron chi connectivity index (χ1n) is 8.13. The van der Waals surface area contributed by atoms with Crippen molar-refractivity contribution < 1.29 is 0 Å². The van der Waals surface area contributed by atoms with Gasteiger partial charge in [-0.3, -0.25) is 4.98 Å². The van der Waals surface area contributed by atoms with E-state index in [9.17, 15) is 0 Å². The molecule has 0 radical (unpaired) electrons. The number of pyridine rings is 1. The van der Waals surface area contributed by atoms with Crippen LogP contribution in [0.3, 0.4) is 0 Å². The Morgan fingerprint density at radius 2 is 1.40 bits per heavy atom. The molecule has 0 bridgehead atoms. The van der Waals surface area contributed by atoms with Gasteiger partial charge in [0.15, 0.2) is 5.16 Å². The van der Waals surface area contributed by atoms with Crippen molar-refractivity contribution in [3.8, 4) is 22.5 Å². The van der Waals surface area contributed by atoms with Crippen molar-refractivity contribution in [1.29, 1.82) is 0 Å². The maximum atomic E-state index is 4.86. The van der Waals surface area contributed by atoms with E-state index in [0.717, 1.165) is 33.4 Å². The largest absolute Gasteiger partial charge is 0.332 e. The van der Waals surface area contributed by atoms with Gasteiger partial charge in [-0.05, 0) is 17.7 Å². The predicted octanol–water partition coefficient (Wildman–Crippen LogP) is 5.43. The summed E-state index contributed by atoms with van der Waals surface area (Å²) in [6.45, 7) is 0. The molecule has 122 valence electrons. The molecule has 4 rings (SSSR count). The first kappa shape index (κ1) is 15.7. The molecule has 25 heavy (non-hydrogen) atoms. The van der Waals surface area contributed by atoms with Gasteiger partial charge in [-0.25, -0.2) is 4.98 Å². The Morgan fingerprint density at radius 3 is 2.08 bits per heavy atom. The number of hydrogen-bond donors (Lipinski definition) is 1. The van der Waals surface area contributed by atoms with Crippen LogP contribution in [0.4, 0.5) is 0 Å². The zero-order valence-electron chi connectivity index (χ0n) is 13.6. The number of imidazole rings is 1. The molecule has 0 atom stereocenters. The summed E-state index contributed by atoms with van der Waals surface area (Å²) in [5.74, 6) is 0.860. The number of thioether (sulfide) groups is 1. The Hall–Kier alpha value is -2.85. The number of nitrogens with one attached hydrogen (secondary N) is 1. The van der Waals surface area contributed by atoms with E-state index in [1.165, 1.54) is 5.56 Å². The SMILES string of the molecule is c1ccc(-c2nc(SCc3ccncc3)[nH]c2-c2ccccc2)cc1. The van der Waals surface area contributed by atoms with E-state index in [0.29, 0.717) is 0 Å². The highest BCUT2D eigenvalue weighted by atomic mass is 32.2. The van der Waals surface area contributed by atoms with Gasteiger partial charge in [0, 0.05) is 29.3 Å². The third kappa shape index (κ3) is 3.64. The molecule has 0 aliphatic rings. The van der Waals surface area contributed by atoms with Crippen LogP contribution in [0.25, 0.3) is 22.5 Å². The van der Waals surface area contributed by atoms with Crippen LogP contribution in [-0.4, -0.2) is 15.0 Å².